The predicted octanol–water partition coefficient (Wildman–Crippen LogP) is 5.81. The van der Waals surface area contributed by atoms with Gasteiger partial charge in [-0.3, -0.25) is 4.79 Å². The Balaban J connectivity index is 4.00. The molecular formula is C25H42O4. The summed E-state index contributed by atoms with van der Waals surface area (Å²) in [7, 11) is 0. The number of allylic oxidation sites excluding steroid dienone is 8. The highest BCUT2D eigenvalue weighted by Crippen LogP contribution is 2.14. The SMILES string of the molecule is CC(C)=CCC/C(C)=C/CC/C(C)=C/CC/C(C)=C/CCC(=O)OCC(O)CO. The molecule has 0 aromatic carbocycles. The molecule has 29 heavy (non-hydrogen) atoms. The van der Waals surface area contributed by atoms with Crippen LogP contribution in [-0.2, 0) is 9.53 Å². The molecule has 0 amide bonds. The summed E-state index contributed by atoms with van der Waals surface area (Å²) in [6.45, 7) is 10.2. The molecule has 0 saturated heterocycles. The van der Waals surface area contributed by atoms with E-state index in [2.05, 4.69) is 58.9 Å². The highest BCUT2D eigenvalue weighted by molar-refractivity contribution is 5.69. The summed E-state index contributed by atoms with van der Waals surface area (Å²) in [5.41, 5.74) is 5.56. The number of carbonyl (C=O) groups is 1. The van der Waals surface area contributed by atoms with E-state index in [1.165, 1.54) is 22.3 Å². The first-order chi connectivity index (χ1) is 13.7. The summed E-state index contributed by atoms with van der Waals surface area (Å²) < 4.78 is 4.88. The van der Waals surface area contributed by atoms with Crippen molar-refractivity contribution in [2.75, 3.05) is 13.2 Å². The molecule has 0 aliphatic heterocycles. The quantitative estimate of drug-likeness (QED) is 0.266. The van der Waals surface area contributed by atoms with Crippen molar-refractivity contribution in [3.8, 4) is 0 Å². The molecule has 0 aliphatic carbocycles. The van der Waals surface area contributed by atoms with Gasteiger partial charge in [-0.25, -0.2) is 0 Å². The lowest BCUT2D eigenvalue weighted by Gasteiger charge is -2.07. The van der Waals surface area contributed by atoms with Crippen molar-refractivity contribution in [1.82, 2.24) is 0 Å². The van der Waals surface area contributed by atoms with Crippen LogP contribution in [0.1, 0.15) is 86.0 Å². The highest BCUT2D eigenvalue weighted by Gasteiger charge is 2.06. The Morgan fingerprint density at radius 2 is 1.17 bits per heavy atom. The largest absolute Gasteiger partial charge is 0.463 e. The smallest absolute Gasteiger partial charge is 0.306 e. The molecule has 0 bridgehead atoms. The average Bonchev–Trinajstić information content (AvgIpc) is 2.65. The van der Waals surface area contributed by atoms with Gasteiger partial charge in [0, 0.05) is 6.42 Å². The zero-order chi connectivity index (χ0) is 22.1. The molecule has 0 aliphatic rings. The molecule has 4 heteroatoms. The number of ether oxygens (including phenoxy) is 1. The first-order valence-electron chi connectivity index (χ1n) is 10.8. The fraction of sp³-hybridized carbons (Fsp3) is 0.640. The van der Waals surface area contributed by atoms with Gasteiger partial charge in [0.25, 0.3) is 0 Å². The summed E-state index contributed by atoms with van der Waals surface area (Å²) in [6, 6.07) is 0. The third kappa shape index (κ3) is 18.1. The molecule has 0 radical (unpaired) electrons. The van der Waals surface area contributed by atoms with Crippen LogP contribution in [-0.4, -0.2) is 35.5 Å². The minimum atomic E-state index is -0.992. The fourth-order valence-electron chi connectivity index (χ4n) is 2.74. The lowest BCUT2D eigenvalue weighted by Crippen LogP contribution is -2.21. The van der Waals surface area contributed by atoms with Crippen LogP contribution in [0.15, 0.2) is 46.6 Å². The van der Waals surface area contributed by atoms with Crippen molar-refractivity contribution in [2.45, 2.75) is 92.1 Å². The van der Waals surface area contributed by atoms with E-state index >= 15 is 0 Å². The molecule has 0 heterocycles. The molecule has 2 N–H and O–H groups in total. The van der Waals surface area contributed by atoms with Gasteiger partial charge >= 0.3 is 5.97 Å². The number of carbonyl (C=O) groups excluding carboxylic acids is 1. The molecule has 4 nitrogen and oxygen atoms in total. The normalized spacial score (nSPS) is 14.0. The van der Waals surface area contributed by atoms with Crippen LogP contribution in [0, 0.1) is 0 Å². The predicted molar refractivity (Wildman–Crippen MR) is 122 cm³/mol. The third-order valence-electron chi connectivity index (χ3n) is 4.64. The number of hydrogen-bond acceptors (Lipinski definition) is 4. The zero-order valence-corrected chi connectivity index (χ0v) is 19.2. The Morgan fingerprint density at radius 3 is 1.59 bits per heavy atom. The topological polar surface area (TPSA) is 66.8 Å². The van der Waals surface area contributed by atoms with Gasteiger partial charge in [0.2, 0.25) is 0 Å². The van der Waals surface area contributed by atoms with Gasteiger partial charge in [-0.05, 0) is 79.6 Å². The van der Waals surface area contributed by atoms with E-state index in [4.69, 9.17) is 14.9 Å². The van der Waals surface area contributed by atoms with Crippen LogP contribution in [0.25, 0.3) is 0 Å². The maximum absolute atomic E-state index is 11.5. The summed E-state index contributed by atoms with van der Waals surface area (Å²) in [5, 5.41) is 17.8. The monoisotopic (exact) mass is 406 g/mol. The zero-order valence-electron chi connectivity index (χ0n) is 19.2. The first kappa shape index (κ1) is 27.4. The minimum absolute atomic E-state index is 0.147. The van der Waals surface area contributed by atoms with Gasteiger partial charge in [0.05, 0.1) is 6.61 Å². The molecule has 166 valence electrons. The lowest BCUT2D eigenvalue weighted by atomic mass is 10.0. The second-order valence-corrected chi connectivity index (χ2v) is 8.11. The van der Waals surface area contributed by atoms with E-state index < -0.39 is 12.7 Å². The van der Waals surface area contributed by atoms with Crippen molar-refractivity contribution < 1.29 is 19.7 Å². The van der Waals surface area contributed by atoms with Gasteiger partial charge in [0.1, 0.15) is 12.7 Å². The molecule has 0 rings (SSSR count). The summed E-state index contributed by atoms with van der Waals surface area (Å²) in [5.74, 6) is -0.346. The lowest BCUT2D eigenvalue weighted by molar-refractivity contribution is -0.147. The first-order valence-corrected chi connectivity index (χ1v) is 10.8. The molecule has 0 fully saturated rings. The van der Waals surface area contributed by atoms with Crippen molar-refractivity contribution in [1.29, 1.82) is 0 Å². The van der Waals surface area contributed by atoms with E-state index in [1.807, 2.05) is 0 Å². The molecule has 0 spiro atoms. The van der Waals surface area contributed by atoms with Crippen LogP contribution in [0.5, 0.6) is 0 Å². The second kappa shape index (κ2) is 17.2. The maximum atomic E-state index is 11.5. The average molecular weight is 407 g/mol. The van der Waals surface area contributed by atoms with Crippen LogP contribution in [0.4, 0.5) is 0 Å². The number of rotatable bonds is 15. The van der Waals surface area contributed by atoms with Gasteiger partial charge in [0.15, 0.2) is 0 Å². The van der Waals surface area contributed by atoms with E-state index in [0.717, 1.165) is 38.5 Å². The number of esters is 1. The molecule has 0 aromatic heterocycles. The Bertz CT molecular complexity index is 578. The summed E-state index contributed by atoms with van der Waals surface area (Å²) in [6.07, 6.45) is 15.5. The van der Waals surface area contributed by atoms with Gasteiger partial charge in [-0.15, -0.1) is 0 Å². The van der Waals surface area contributed by atoms with Crippen LogP contribution in [0.3, 0.4) is 0 Å². The number of aliphatic hydroxyl groups is 2. The molecule has 0 saturated carbocycles. The molecule has 1 atom stereocenters. The van der Waals surface area contributed by atoms with E-state index in [0.29, 0.717) is 12.8 Å². The van der Waals surface area contributed by atoms with Crippen LogP contribution < -0.4 is 0 Å². The van der Waals surface area contributed by atoms with E-state index in [9.17, 15) is 4.79 Å². The summed E-state index contributed by atoms with van der Waals surface area (Å²) in [4.78, 5) is 11.5. The Morgan fingerprint density at radius 1 is 0.759 bits per heavy atom. The van der Waals surface area contributed by atoms with E-state index in [1.54, 1.807) is 0 Å². The van der Waals surface area contributed by atoms with Crippen LogP contribution in [0.2, 0.25) is 0 Å². The van der Waals surface area contributed by atoms with Crippen molar-refractivity contribution in [3.63, 3.8) is 0 Å². The van der Waals surface area contributed by atoms with Crippen molar-refractivity contribution >= 4 is 5.97 Å². The maximum Gasteiger partial charge on any atom is 0.306 e. The Labute approximate surface area is 178 Å². The Kier molecular flexibility index (Phi) is 16.2. The van der Waals surface area contributed by atoms with Gasteiger partial charge in [-0.1, -0.05) is 46.6 Å². The number of hydrogen-bond donors (Lipinski definition) is 2. The molecular weight excluding hydrogens is 364 g/mol. The Hall–Kier alpha value is -1.65. The molecule has 1 unspecified atom stereocenters. The number of aliphatic hydroxyl groups excluding tert-OH is 2. The van der Waals surface area contributed by atoms with Crippen molar-refractivity contribution in [2.24, 2.45) is 0 Å². The van der Waals surface area contributed by atoms with Gasteiger partial charge in [-0.2, -0.15) is 0 Å². The van der Waals surface area contributed by atoms with E-state index in [-0.39, 0.29) is 12.6 Å². The summed E-state index contributed by atoms with van der Waals surface area (Å²) >= 11 is 0. The third-order valence-corrected chi connectivity index (χ3v) is 4.64. The minimum Gasteiger partial charge on any atom is -0.463 e. The second-order valence-electron chi connectivity index (χ2n) is 8.11. The van der Waals surface area contributed by atoms with Gasteiger partial charge < -0.3 is 14.9 Å². The van der Waals surface area contributed by atoms with Crippen molar-refractivity contribution in [3.05, 3.63) is 46.6 Å². The molecule has 0 aromatic rings. The highest BCUT2D eigenvalue weighted by atomic mass is 16.5. The fourth-order valence-corrected chi connectivity index (χ4v) is 2.74. The standard InChI is InChI=1S/C25H42O4/c1-20(2)10-6-11-21(3)12-7-13-22(4)14-8-15-23(5)16-9-17-25(28)29-19-24(27)18-26/h10,12,14,16,24,26-27H,6-9,11,13,15,17-19H2,1-5H3/b21-12+,22-14+,23-16+. The van der Waals surface area contributed by atoms with Crippen LogP contribution >= 0.6 is 0 Å².